The van der Waals surface area contributed by atoms with Gasteiger partial charge in [0.25, 0.3) is 0 Å². The average molecular weight is 427 g/mol. The van der Waals surface area contributed by atoms with Crippen LogP contribution in [0.5, 0.6) is 0 Å². The van der Waals surface area contributed by atoms with Gasteiger partial charge in [-0.3, -0.25) is 9.69 Å². The largest absolute Gasteiger partial charge is 0.468 e. The van der Waals surface area contributed by atoms with Crippen molar-refractivity contribution in [1.29, 1.82) is 0 Å². The first-order chi connectivity index (χ1) is 11.9. The van der Waals surface area contributed by atoms with Crippen LogP contribution >= 0.6 is 15.9 Å². The van der Waals surface area contributed by atoms with Crippen molar-refractivity contribution in [3.63, 3.8) is 0 Å². The zero-order valence-electron chi connectivity index (χ0n) is 13.5. The number of rotatable bonds is 6. The van der Waals surface area contributed by atoms with Crippen LogP contribution in [0.3, 0.4) is 0 Å². The molecule has 134 valence electrons. The highest BCUT2D eigenvalue weighted by Crippen LogP contribution is 2.20. The minimum atomic E-state index is -3.03. The highest BCUT2D eigenvalue weighted by molar-refractivity contribution is 9.10. The Hall–Kier alpha value is -1.64. The number of anilines is 1. The Bertz CT molecular complexity index is 819. The number of amides is 1. The molecule has 1 aliphatic rings. The molecule has 1 aliphatic heterocycles. The third-order valence-electron chi connectivity index (χ3n) is 4.14. The monoisotopic (exact) mass is 426 g/mol. The lowest BCUT2D eigenvalue weighted by Gasteiger charge is -2.26. The van der Waals surface area contributed by atoms with Gasteiger partial charge in [-0.05, 0) is 42.8 Å². The second-order valence-corrected chi connectivity index (χ2v) is 9.24. The molecule has 6 nitrogen and oxygen atoms in total. The number of nitrogens with zero attached hydrogens (tertiary/aromatic N) is 1. The summed E-state index contributed by atoms with van der Waals surface area (Å²) < 4.78 is 29.9. The highest BCUT2D eigenvalue weighted by atomic mass is 79.9. The van der Waals surface area contributed by atoms with Gasteiger partial charge in [0.1, 0.15) is 5.76 Å². The van der Waals surface area contributed by atoms with E-state index < -0.39 is 9.84 Å². The maximum Gasteiger partial charge on any atom is 0.238 e. The lowest BCUT2D eigenvalue weighted by Crippen LogP contribution is -2.41. The second kappa shape index (κ2) is 7.72. The SMILES string of the molecule is O=C(CN(Cc1ccco1)C1CCS(=O)(=O)C1)Nc1ccc(Br)cc1. The molecule has 0 radical (unpaired) electrons. The van der Waals surface area contributed by atoms with Gasteiger partial charge < -0.3 is 9.73 Å². The molecule has 1 saturated heterocycles. The number of halogens is 1. The molecule has 8 heteroatoms. The molecule has 0 saturated carbocycles. The van der Waals surface area contributed by atoms with E-state index in [9.17, 15) is 13.2 Å². The fourth-order valence-electron chi connectivity index (χ4n) is 2.90. The number of sulfone groups is 1. The maximum atomic E-state index is 12.4. The van der Waals surface area contributed by atoms with Gasteiger partial charge in [-0.25, -0.2) is 8.42 Å². The number of benzene rings is 1. The van der Waals surface area contributed by atoms with Crippen molar-refractivity contribution in [2.45, 2.75) is 19.0 Å². The Morgan fingerprint density at radius 1 is 1.28 bits per heavy atom. The van der Waals surface area contributed by atoms with Crippen LogP contribution in [0.25, 0.3) is 0 Å². The maximum absolute atomic E-state index is 12.4. The molecule has 1 amide bonds. The molecule has 0 bridgehead atoms. The molecular formula is C17H19BrN2O4S. The van der Waals surface area contributed by atoms with Crippen LogP contribution in [0.15, 0.2) is 51.6 Å². The molecule has 1 fully saturated rings. The van der Waals surface area contributed by atoms with Crippen molar-refractivity contribution in [2.24, 2.45) is 0 Å². The van der Waals surface area contributed by atoms with Gasteiger partial charge in [0.15, 0.2) is 9.84 Å². The Morgan fingerprint density at radius 3 is 2.64 bits per heavy atom. The summed E-state index contributed by atoms with van der Waals surface area (Å²) in [7, 11) is -3.03. The van der Waals surface area contributed by atoms with Crippen molar-refractivity contribution in [2.75, 3.05) is 23.4 Å². The Balaban J connectivity index is 1.68. The summed E-state index contributed by atoms with van der Waals surface area (Å²) in [6, 6.07) is 10.7. The molecule has 2 heterocycles. The molecule has 1 atom stereocenters. The van der Waals surface area contributed by atoms with E-state index in [0.29, 0.717) is 24.4 Å². The van der Waals surface area contributed by atoms with Gasteiger partial charge in [0.05, 0.1) is 30.9 Å². The second-order valence-electron chi connectivity index (χ2n) is 6.10. The van der Waals surface area contributed by atoms with E-state index in [0.717, 1.165) is 4.47 Å². The Morgan fingerprint density at radius 2 is 2.04 bits per heavy atom. The molecule has 1 N–H and O–H groups in total. The van der Waals surface area contributed by atoms with E-state index in [1.165, 1.54) is 0 Å². The van der Waals surface area contributed by atoms with Gasteiger partial charge in [-0.1, -0.05) is 15.9 Å². The number of hydrogen-bond donors (Lipinski definition) is 1. The van der Waals surface area contributed by atoms with Crippen molar-refractivity contribution in [3.8, 4) is 0 Å². The summed E-state index contributed by atoms with van der Waals surface area (Å²) in [6.45, 7) is 0.512. The van der Waals surface area contributed by atoms with Crippen molar-refractivity contribution >= 4 is 37.4 Å². The quantitative estimate of drug-likeness (QED) is 0.767. The molecule has 1 aromatic carbocycles. The van der Waals surface area contributed by atoms with E-state index in [4.69, 9.17) is 4.42 Å². The van der Waals surface area contributed by atoms with Gasteiger partial charge in [-0.15, -0.1) is 0 Å². The number of carbonyl (C=O) groups is 1. The minimum Gasteiger partial charge on any atom is -0.468 e. The summed E-state index contributed by atoms with van der Waals surface area (Å²) >= 11 is 3.35. The van der Waals surface area contributed by atoms with Gasteiger partial charge >= 0.3 is 0 Å². The summed E-state index contributed by atoms with van der Waals surface area (Å²) in [5, 5.41) is 2.84. The van der Waals surface area contributed by atoms with Crippen LogP contribution in [-0.2, 0) is 21.2 Å². The molecule has 25 heavy (non-hydrogen) atoms. The van der Waals surface area contributed by atoms with Gasteiger partial charge in [0.2, 0.25) is 5.91 Å². The molecule has 0 aliphatic carbocycles. The third kappa shape index (κ3) is 5.17. The van der Waals surface area contributed by atoms with E-state index in [1.54, 1.807) is 24.5 Å². The number of carbonyl (C=O) groups excluding carboxylic acids is 1. The van der Waals surface area contributed by atoms with Crippen LogP contribution in [0.4, 0.5) is 5.69 Å². The smallest absolute Gasteiger partial charge is 0.238 e. The van der Waals surface area contributed by atoms with E-state index >= 15 is 0 Å². The Labute approximate surface area is 155 Å². The lowest BCUT2D eigenvalue weighted by atomic mass is 10.2. The summed E-state index contributed by atoms with van der Waals surface area (Å²) in [5.74, 6) is 0.777. The standard InChI is InChI=1S/C17H19BrN2O4S/c18-13-3-5-14(6-4-13)19-17(21)11-20(10-16-2-1-8-24-16)15-7-9-25(22,23)12-15/h1-6,8,15H,7,9-12H2,(H,19,21). The molecule has 1 aromatic heterocycles. The predicted octanol–water partition coefficient (Wildman–Crippen LogP) is 2.67. The first-order valence-electron chi connectivity index (χ1n) is 7.93. The van der Waals surface area contributed by atoms with Crippen LogP contribution in [-0.4, -0.2) is 43.3 Å². The third-order valence-corrected chi connectivity index (χ3v) is 6.42. The first kappa shape index (κ1) is 18.2. The van der Waals surface area contributed by atoms with Crippen LogP contribution in [0.1, 0.15) is 12.2 Å². The summed E-state index contributed by atoms with van der Waals surface area (Å²) in [4.78, 5) is 14.3. The highest BCUT2D eigenvalue weighted by Gasteiger charge is 2.33. The minimum absolute atomic E-state index is 0.0826. The van der Waals surface area contributed by atoms with Gasteiger partial charge in [-0.2, -0.15) is 0 Å². The normalized spacial score (nSPS) is 19.2. The number of nitrogens with one attached hydrogen (secondary N) is 1. The first-order valence-corrected chi connectivity index (χ1v) is 10.5. The van der Waals surface area contributed by atoms with E-state index in [-0.39, 0.29) is 30.0 Å². The van der Waals surface area contributed by atoms with Crippen molar-refractivity contribution in [1.82, 2.24) is 4.90 Å². The number of furan rings is 1. The Kier molecular flexibility index (Phi) is 5.61. The van der Waals surface area contributed by atoms with Gasteiger partial charge in [0, 0.05) is 16.2 Å². The predicted molar refractivity (Wildman–Crippen MR) is 98.9 cm³/mol. The molecule has 1 unspecified atom stereocenters. The molecular weight excluding hydrogens is 408 g/mol. The van der Waals surface area contributed by atoms with E-state index in [1.807, 2.05) is 23.1 Å². The van der Waals surface area contributed by atoms with Crippen molar-refractivity contribution < 1.29 is 17.6 Å². The molecule has 2 aromatic rings. The summed E-state index contributed by atoms with van der Waals surface area (Å²) in [5.41, 5.74) is 0.699. The van der Waals surface area contributed by atoms with Crippen LogP contribution in [0.2, 0.25) is 0 Å². The van der Waals surface area contributed by atoms with Crippen molar-refractivity contribution in [3.05, 3.63) is 52.9 Å². The molecule has 3 rings (SSSR count). The fraction of sp³-hybridized carbons (Fsp3) is 0.353. The average Bonchev–Trinajstić information content (AvgIpc) is 3.18. The lowest BCUT2D eigenvalue weighted by molar-refractivity contribution is -0.118. The zero-order chi connectivity index (χ0) is 17.9. The zero-order valence-corrected chi connectivity index (χ0v) is 15.9. The summed E-state index contributed by atoms with van der Waals surface area (Å²) in [6.07, 6.45) is 2.11. The van der Waals surface area contributed by atoms with Crippen LogP contribution < -0.4 is 5.32 Å². The van der Waals surface area contributed by atoms with Crippen LogP contribution in [0, 0.1) is 0 Å². The van der Waals surface area contributed by atoms with E-state index in [2.05, 4.69) is 21.2 Å². The number of hydrogen-bond acceptors (Lipinski definition) is 5. The topological polar surface area (TPSA) is 79.6 Å². The fourth-order valence-corrected chi connectivity index (χ4v) is 4.92. The molecule has 0 spiro atoms.